The van der Waals surface area contributed by atoms with Crippen LogP contribution in [0, 0.1) is 0 Å². The summed E-state index contributed by atoms with van der Waals surface area (Å²) in [6, 6.07) is 0.645. The summed E-state index contributed by atoms with van der Waals surface area (Å²) in [5, 5.41) is 0. The Morgan fingerprint density at radius 2 is 2.00 bits per heavy atom. The normalized spacial score (nSPS) is 11.1. The molecular weight excluding hydrogens is 134 g/mol. The van der Waals surface area contributed by atoms with E-state index in [1.165, 1.54) is 18.5 Å². The predicted octanol–water partition coefficient (Wildman–Crippen LogP) is 2.68. The third-order valence-corrected chi connectivity index (χ3v) is 1.71. The third kappa shape index (κ3) is 5.02. The first-order valence-corrected chi connectivity index (χ1v) is 4.46. The Balaban J connectivity index is 3.79. The average molecular weight is 155 g/mol. The molecule has 0 amide bonds. The largest absolute Gasteiger partial charge is 0.297 e. The Labute approximate surface area is 71.1 Å². The molecular formula is C10H21N. The first-order valence-electron chi connectivity index (χ1n) is 4.46. The highest BCUT2D eigenvalue weighted by atomic mass is 15.1. The molecule has 0 unspecified atom stereocenters. The summed E-state index contributed by atoms with van der Waals surface area (Å²) >= 11 is 0. The molecule has 0 saturated heterocycles. The van der Waals surface area contributed by atoms with Gasteiger partial charge in [-0.3, -0.25) is 4.90 Å². The Hall–Kier alpha value is -0.300. The Morgan fingerprint density at radius 3 is 2.27 bits per heavy atom. The molecule has 1 nitrogen and oxygen atoms in total. The van der Waals surface area contributed by atoms with Gasteiger partial charge in [-0.15, -0.1) is 0 Å². The highest BCUT2D eigenvalue weighted by Gasteiger charge is 2.06. The summed E-state index contributed by atoms with van der Waals surface area (Å²) in [4.78, 5) is 2.45. The lowest BCUT2D eigenvalue weighted by Gasteiger charge is -2.25. The van der Waals surface area contributed by atoms with Crippen LogP contribution in [0.1, 0.15) is 34.1 Å². The zero-order valence-corrected chi connectivity index (χ0v) is 8.35. The molecule has 0 aromatic carbocycles. The van der Waals surface area contributed by atoms with Gasteiger partial charge in [-0.2, -0.15) is 0 Å². The number of rotatable bonds is 5. The van der Waals surface area contributed by atoms with Crippen LogP contribution in [-0.4, -0.2) is 24.0 Å². The summed E-state index contributed by atoms with van der Waals surface area (Å²) in [6.07, 6.45) is 1.23. The fourth-order valence-corrected chi connectivity index (χ4v) is 1.15. The molecule has 0 aliphatic carbocycles. The van der Waals surface area contributed by atoms with Crippen molar-refractivity contribution in [3.63, 3.8) is 0 Å². The van der Waals surface area contributed by atoms with Crippen molar-refractivity contribution < 1.29 is 0 Å². The smallest absolute Gasteiger partial charge is 0.0190 e. The molecule has 0 radical (unpaired) electrons. The van der Waals surface area contributed by atoms with Gasteiger partial charge in [0.05, 0.1) is 0 Å². The molecule has 0 aromatic rings. The quantitative estimate of drug-likeness (QED) is 0.552. The van der Waals surface area contributed by atoms with Gasteiger partial charge < -0.3 is 0 Å². The highest BCUT2D eigenvalue weighted by Crippen LogP contribution is 2.02. The first kappa shape index (κ1) is 10.7. The van der Waals surface area contributed by atoms with Crippen LogP contribution in [0.3, 0.4) is 0 Å². The van der Waals surface area contributed by atoms with Crippen molar-refractivity contribution in [1.29, 1.82) is 0 Å². The lowest BCUT2D eigenvalue weighted by atomic mass is 10.2. The third-order valence-electron chi connectivity index (χ3n) is 1.71. The average Bonchev–Trinajstić information content (AvgIpc) is 1.86. The van der Waals surface area contributed by atoms with E-state index in [2.05, 4.69) is 39.2 Å². The van der Waals surface area contributed by atoms with Gasteiger partial charge in [-0.1, -0.05) is 19.1 Å². The maximum atomic E-state index is 3.92. The second-order valence-electron chi connectivity index (χ2n) is 3.52. The Kier molecular flexibility index (Phi) is 5.22. The Morgan fingerprint density at radius 1 is 1.45 bits per heavy atom. The Bertz CT molecular complexity index is 116. The predicted molar refractivity (Wildman–Crippen MR) is 51.8 cm³/mol. The van der Waals surface area contributed by atoms with Crippen molar-refractivity contribution in [1.82, 2.24) is 4.90 Å². The zero-order chi connectivity index (χ0) is 8.85. The van der Waals surface area contributed by atoms with Crippen LogP contribution in [0.2, 0.25) is 0 Å². The van der Waals surface area contributed by atoms with E-state index < -0.39 is 0 Å². The van der Waals surface area contributed by atoms with E-state index in [-0.39, 0.29) is 0 Å². The van der Waals surface area contributed by atoms with Crippen molar-refractivity contribution in [2.75, 3.05) is 13.1 Å². The monoisotopic (exact) mass is 155 g/mol. The van der Waals surface area contributed by atoms with Gasteiger partial charge in [0, 0.05) is 12.6 Å². The summed E-state index contributed by atoms with van der Waals surface area (Å²) in [7, 11) is 0. The van der Waals surface area contributed by atoms with E-state index in [0.717, 1.165) is 6.54 Å². The van der Waals surface area contributed by atoms with E-state index in [9.17, 15) is 0 Å². The standard InChI is InChI=1S/C10H21N/c1-6-7-11(10(4)5)8-9(2)3/h10H,2,6-8H2,1,3-5H3. The number of hydrogen-bond acceptors (Lipinski definition) is 1. The fraction of sp³-hybridized carbons (Fsp3) is 0.800. The van der Waals surface area contributed by atoms with E-state index in [0.29, 0.717) is 6.04 Å². The van der Waals surface area contributed by atoms with E-state index in [1.54, 1.807) is 0 Å². The first-order chi connectivity index (χ1) is 5.07. The lowest BCUT2D eigenvalue weighted by molar-refractivity contribution is 0.241. The van der Waals surface area contributed by atoms with Crippen LogP contribution >= 0.6 is 0 Å². The topological polar surface area (TPSA) is 3.24 Å². The van der Waals surface area contributed by atoms with Crippen LogP contribution < -0.4 is 0 Å². The van der Waals surface area contributed by atoms with E-state index >= 15 is 0 Å². The second kappa shape index (κ2) is 5.36. The maximum Gasteiger partial charge on any atom is 0.0190 e. The molecule has 66 valence electrons. The minimum absolute atomic E-state index is 0.645. The molecule has 0 rings (SSSR count). The molecule has 0 fully saturated rings. The van der Waals surface area contributed by atoms with Crippen molar-refractivity contribution >= 4 is 0 Å². The molecule has 0 saturated carbocycles. The molecule has 0 aliphatic heterocycles. The van der Waals surface area contributed by atoms with Gasteiger partial charge in [-0.05, 0) is 33.7 Å². The fourth-order valence-electron chi connectivity index (χ4n) is 1.15. The molecule has 0 bridgehead atoms. The van der Waals surface area contributed by atoms with Gasteiger partial charge in [0.2, 0.25) is 0 Å². The maximum absolute atomic E-state index is 3.92. The number of nitrogens with zero attached hydrogens (tertiary/aromatic N) is 1. The molecule has 0 aliphatic rings. The van der Waals surface area contributed by atoms with Gasteiger partial charge in [-0.25, -0.2) is 0 Å². The molecule has 11 heavy (non-hydrogen) atoms. The van der Waals surface area contributed by atoms with Crippen molar-refractivity contribution in [3.05, 3.63) is 12.2 Å². The van der Waals surface area contributed by atoms with Crippen LogP contribution in [0.5, 0.6) is 0 Å². The van der Waals surface area contributed by atoms with Gasteiger partial charge >= 0.3 is 0 Å². The lowest BCUT2D eigenvalue weighted by Crippen LogP contribution is -2.32. The molecule has 1 heteroatoms. The van der Waals surface area contributed by atoms with Crippen LogP contribution in [0.4, 0.5) is 0 Å². The number of hydrogen-bond donors (Lipinski definition) is 0. The van der Waals surface area contributed by atoms with E-state index in [1.807, 2.05) is 0 Å². The zero-order valence-electron chi connectivity index (χ0n) is 8.35. The molecule has 0 spiro atoms. The van der Waals surface area contributed by atoms with Crippen LogP contribution in [-0.2, 0) is 0 Å². The van der Waals surface area contributed by atoms with Gasteiger partial charge in [0.15, 0.2) is 0 Å². The minimum Gasteiger partial charge on any atom is -0.297 e. The summed E-state index contributed by atoms with van der Waals surface area (Å²) in [6.45, 7) is 14.9. The summed E-state index contributed by atoms with van der Waals surface area (Å²) in [5.74, 6) is 0. The molecule has 0 atom stereocenters. The minimum atomic E-state index is 0.645. The molecule has 0 N–H and O–H groups in total. The van der Waals surface area contributed by atoms with Crippen molar-refractivity contribution in [2.45, 2.75) is 40.2 Å². The van der Waals surface area contributed by atoms with Crippen molar-refractivity contribution in [2.24, 2.45) is 0 Å². The highest BCUT2D eigenvalue weighted by molar-refractivity contribution is 4.92. The van der Waals surface area contributed by atoms with Crippen molar-refractivity contribution in [3.8, 4) is 0 Å². The molecule has 0 heterocycles. The summed E-state index contributed by atoms with van der Waals surface area (Å²) < 4.78 is 0. The van der Waals surface area contributed by atoms with Crippen LogP contribution in [0.15, 0.2) is 12.2 Å². The SMILES string of the molecule is C=C(C)CN(CCC)C(C)C. The van der Waals surface area contributed by atoms with Crippen LogP contribution in [0.25, 0.3) is 0 Å². The summed E-state index contributed by atoms with van der Waals surface area (Å²) in [5.41, 5.74) is 1.26. The second-order valence-corrected chi connectivity index (χ2v) is 3.52. The van der Waals surface area contributed by atoms with Gasteiger partial charge in [0.1, 0.15) is 0 Å². The molecule has 0 aromatic heterocycles. The van der Waals surface area contributed by atoms with Gasteiger partial charge in [0.25, 0.3) is 0 Å². The van der Waals surface area contributed by atoms with E-state index in [4.69, 9.17) is 0 Å².